The van der Waals surface area contributed by atoms with Gasteiger partial charge in [0.1, 0.15) is 11.6 Å². The summed E-state index contributed by atoms with van der Waals surface area (Å²) in [5, 5.41) is 8.11. The lowest BCUT2D eigenvalue weighted by molar-refractivity contribution is 0.373. The first kappa shape index (κ1) is 19.3. The summed E-state index contributed by atoms with van der Waals surface area (Å²) in [5.74, 6) is 2.07. The summed E-state index contributed by atoms with van der Waals surface area (Å²) in [6, 6.07) is 8.97. The molecule has 3 aromatic rings. The molecule has 0 bridgehead atoms. The Labute approximate surface area is 178 Å². The van der Waals surface area contributed by atoms with E-state index in [9.17, 15) is 0 Å². The van der Waals surface area contributed by atoms with Crippen molar-refractivity contribution in [3.05, 3.63) is 41.7 Å². The summed E-state index contributed by atoms with van der Waals surface area (Å²) in [4.78, 5) is 14.5. The summed E-state index contributed by atoms with van der Waals surface area (Å²) in [7, 11) is 2.02. The number of pyridine rings is 2. The standard InChI is InChI=1S/C23H31N7/c1-23(2,3)27-17-9-11-30(15-17)22-8-6-18-19(26-22)5-7-21(25-18)29-12-10-20-16(14-29)13-24-28(20)4/h5-8,13,17,27H,9-12,14-15H2,1-4H3/t17-/m1/s1. The SMILES string of the molecule is Cn1ncc2c1CCN(c1ccc3nc(N4CC[C@@H](NC(C)(C)C)C4)ccc3n1)C2. The summed E-state index contributed by atoms with van der Waals surface area (Å²) >= 11 is 0. The number of rotatable bonds is 3. The molecular formula is C23H31N7. The minimum absolute atomic E-state index is 0.142. The summed E-state index contributed by atoms with van der Waals surface area (Å²) in [6.45, 7) is 10.6. The van der Waals surface area contributed by atoms with Crippen molar-refractivity contribution >= 4 is 22.7 Å². The molecule has 0 unspecified atom stereocenters. The zero-order valence-corrected chi connectivity index (χ0v) is 18.4. The van der Waals surface area contributed by atoms with Gasteiger partial charge < -0.3 is 15.1 Å². The Morgan fingerprint density at radius 2 is 1.67 bits per heavy atom. The van der Waals surface area contributed by atoms with Gasteiger partial charge in [0.2, 0.25) is 0 Å². The number of nitrogens with zero attached hydrogens (tertiary/aromatic N) is 6. The van der Waals surface area contributed by atoms with E-state index in [2.05, 4.69) is 65.3 Å². The highest BCUT2D eigenvalue weighted by atomic mass is 15.3. The molecule has 1 saturated heterocycles. The van der Waals surface area contributed by atoms with Gasteiger partial charge in [-0.2, -0.15) is 5.10 Å². The molecule has 1 atom stereocenters. The molecule has 7 heteroatoms. The Kier molecular flexibility index (Phi) is 4.65. The highest BCUT2D eigenvalue weighted by Crippen LogP contribution is 2.26. The largest absolute Gasteiger partial charge is 0.355 e. The van der Waals surface area contributed by atoms with E-state index in [0.29, 0.717) is 6.04 Å². The molecule has 5 heterocycles. The second-order valence-corrected chi connectivity index (χ2v) is 9.61. The predicted molar refractivity (Wildman–Crippen MR) is 121 cm³/mol. The zero-order valence-electron chi connectivity index (χ0n) is 18.4. The molecule has 30 heavy (non-hydrogen) atoms. The van der Waals surface area contributed by atoms with Crippen LogP contribution in [0.25, 0.3) is 11.0 Å². The van der Waals surface area contributed by atoms with E-state index in [0.717, 1.165) is 61.7 Å². The fourth-order valence-corrected chi connectivity index (χ4v) is 4.72. The maximum atomic E-state index is 4.92. The molecule has 1 N–H and O–H groups in total. The van der Waals surface area contributed by atoms with Crippen LogP contribution in [0.15, 0.2) is 30.5 Å². The minimum atomic E-state index is 0.142. The maximum Gasteiger partial charge on any atom is 0.129 e. The number of hydrogen-bond donors (Lipinski definition) is 1. The summed E-state index contributed by atoms with van der Waals surface area (Å²) in [6.07, 6.45) is 4.13. The molecule has 158 valence electrons. The maximum absolute atomic E-state index is 4.92. The molecular weight excluding hydrogens is 374 g/mol. The zero-order chi connectivity index (χ0) is 20.9. The first-order chi connectivity index (χ1) is 14.4. The lowest BCUT2D eigenvalue weighted by Gasteiger charge is -2.28. The fraction of sp³-hybridized carbons (Fsp3) is 0.522. The van der Waals surface area contributed by atoms with Crippen LogP contribution in [0.4, 0.5) is 11.6 Å². The van der Waals surface area contributed by atoms with Crippen molar-refractivity contribution in [2.24, 2.45) is 7.05 Å². The Hall–Kier alpha value is -2.67. The molecule has 7 nitrogen and oxygen atoms in total. The van der Waals surface area contributed by atoms with E-state index in [1.807, 2.05) is 17.9 Å². The Balaban J connectivity index is 1.33. The van der Waals surface area contributed by atoms with Crippen molar-refractivity contribution in [3.8, 4) is 0 Å². The predicted octanol–water partition coefficient (Wildman–Crippen LogP) is 2.89. The second-order valence-electron chi connectivity index (χ2n) is 9.61. The van der Waals surface area contributed by atoms with Gasteiger partial charge in [-0.3, -0.25) is 4.68 Å². The van der Waals surface area contributed by atoms with Gasteiger partial charge in [-0.15, -0.1) is 0 Å². The van der Waals surface area contributed by atoms with Crippen molar-refractivity contribution < 1.29 is 0 Å². The van der Waals surface area contributed by atoms with Gasteiger partial charge >= 0.3 is 0 Å². The third kappa shape index (κ3) is 3.74. The molecule has 1 fully saturated rings. The van der Waals surface area contributed by atoms with Gasteiger partial charge in [-0.1, -0.05) is 0 Å². The van der Waals surface area contributed by atoms with Crippen LogP contribution in [0.3, 0.4) is 0 Å². The monoisotopic (exact) mass is 405 g/mol. The van der Waals surface area contributed by atoms with Crippen LogP contribution < -0.4 is 15.1 Å². The number of aryl methyl sites for hydroxylation is 1. The Morgan fingerprint density at radius 1 is 0.967 bits per heavy atom. The first-order valence-corrected chi connectivity index (χ1v) is 10.9. The van der Waals surface area contributed by atoms with Crippen LogP contribution in [0.1, 0.15) is 38.4 Å². The van der Waals surface area contributed by atoms with E-state index in [-0.39, 0.29) is 5.54 Å². The third-order valence-electron chi connectivity index (χ3n) is 6.11. The van der Waals surface area contributed by atoms with Crippen LogP contribution in [0, 0.1) is 0 Å². The van der Waals surface area contributed by atoms with Crippen molar-refractivity contribution in [2.75, 3.05) is 29.4 Å². The minimum Gasteiger partial charge on any atom is -0.355 e. The molecule has 2 aliphatic heterocycles. The average Bonchev–Trinajstić information content (AvgIpc) is 3.32. The van der Waals surface area contributed by atoms with E-state index in [1.54, 1.807) is 0 Å². The molecule has 5 rings (SSSR count). The van der Waals surface area contributed by atoms with Gasteiger partial charge in [0.15, 0.2) is 0 Å². The van der Waals surface area contributed by atoms with Gasteiger partial charge in [-0.25, -0.2) is 9.97 Å². The van der Waals surface area contributed by atoms with E-state index >= 15 is 0 Å². The smallest absolute Gasteiger partial charge is 0.129 e. The van der Waals surface area contributed by atoms with E-state index in [4.69, 9.17) is 9.97 Å². The van der Waals surface area contributed by atoms with Gasteiger partial charge in [0.25, 0.3) is 0 Å². The van der Waals surface area contributed by atoms with Crippen molar-refractivity contribution in [2.45, 2.75) is 51.7 Å². The van der Waals surface area contributed by atoms with Crippen molar-refractivity contribution in [1.82, 2.24) is 25.1 Å². The number of anilines is 2. The third-order valence-corrected chi connectivity index (χ3v) is 6.11. The summed E-state index contributed by atoms with van der Waals surface area (Å²) in [5.41, 5.74) is 4.69. The first-order valence-electron chi connectivity index (χ1n) is 10.9. The summed E-state index contributed by atoms with van der Waals surface area (Å²) < 4.78 is 1.99. The molecule has 0 aromatic carbocycles. The second kappa shape index (κ2) is 7.23. The number of nitrogens with one attached hydrogen (secondary N) is 1. The van der Waals surface area contributed by atoms with E-state index < -0.39 is 0 Å². The van der Waals surface area contributed by atoms with Gasteiger partial charge in [0.05, 0.1) is 17.2 Å². The van der Waals surface area contributed by atoms with Crippen molar-refractivity contribution in [3.63, 3.8) is 0 Å². The van der Waals surface area contributed by atoms with Gasteiger partial charge in [-0.05, 0) is 51.5 Å². The lowest BCUT2D eigenvalue weighted by atomic mass is 10.1. The van der Waals surface area contributed by atoms with Crippen LogP contribution in [0.5, 0.6) is 0 Å². The normalized spacial score (nSPS) is 19.5. The lowest BCUT2D eigenvalue weighted by Crippen LogP contribution is -2.44. The highest BCUT2D eigenvalue weighted by Gasteiger charge is 2.27. The molecule has 2 aliphatic rings. The molecule has 3 aromatic heterocycles. The Morgan fingerprint density at radius 3 is 2.37 bits per heavy atom. The van der Waals surface area contributed by atoms with Crippen molar-refractivity contribution in [1.29, 1.82) is 0 Å². The van der Waals surface area contributed by atoms with Crippen LogP contribution in [-0.2, 0) is 20.0 Å². The highest BCUT2D eigenvalue weighted by molar-refractivity contribution is 5.78. The van der Waals surface area contributed by atoms with Crippen LogP contribution >= 0.6 is 0 Å². The topological polar surface area (TPSA) is 62.1 Å². The number of aromatic nitrogens is 4. The quantitative estimate of drug-likeness (QED) is 0.723. The number of hydrogen-bond acceptors (Lipinski definition) is 6. The van der Waals surface area contributed by atoms with Crippen LogP contribution in [-0.4, -0.2) is 51.0 Å². The van der Waals surface area contributed by atoms with Gasteiger partial charge in [0, 0.05) is 62.5 Å². The number of fused-ring (bicyclic) bond motifs is 2. The average molecular weight is 406 g/mol. The fourth-order valence-electron chi connectivity index (χ4n) is 4.72. The van der Waals surface area contributed by atoms with E-state index in [1.165, 1.54) is 11.3 Å². The van der Waals surface area contributed by atoms with Crippen LogP contribution in [0.2, 0.25) is 0 Å². The Bertz CT molecular complexity index is 1070. The molecule has 0 saturated carbocycles. The molecule has 0 radical (unpaired) electrons. The molecule has 0 amide bonds. The molecule has 0 spiro atoms. The molecule has 0 aliphatic carbocycles.